The zero-order valence-electron chi connectivity index (χ0n) is 10.1. The molecule has 0 radical (unpaired) electrons. The molecule has 1 rings (SSSR count). The Bertz CT molecular complexity index is 155. The van der Waals surface area contributed by atoms with E-state index in [4.69, 9.17) is 0 Å². The number of rotatable bonds is 2. The topological polar surface area (TPSA) is 0 Å². The Morgan fingerprint density at radius 2 is 1.62 bits per heavy atom. The minimum absolute atomic E-state index is 0.542. The summed E-state index contributed by atoms with van der Waals surface area (Å²) in [5.41, 5.74) is 0.542. The Morgan fingerprint density at radius 1 is 1.08 bits per heavy atom. The Morgan fingerprint density at radius 3 is 2.08 bits per heavy atom. The van der Waals surface area contributed by atoms with Gasteiger partial charge in [0.25, 0.3) is 0 Å². The van der Waals surface area contributed by atoms with E-state index in [-0.39, 0.29) is 0 Å². The normalized spacial score (nSPS) is 30.9. The molecule has 0 aromatic carbocycles. The molecule has 0 aromatic rings. The molecule has 1 saturated carbocycles. The summed E-state index contributed by atoms with van der Waals surface area (Å²) in [7, 11) is 0. The summed E-state index contributed by atoms with van der Waals surface area (Å²) < 4.78 is 0. The van der Waals surface area contributed by atoms with E-state index in [0.29, 0.717) is 5.41 Å². The van der Waals surface area contributed by atoms with E-state index >= 15 is 0 Å². The fraction of sp³-hybridized carbons (Fsp3) is 1.00. The second-order valence-corrected chi connectivity index (χ2v) is 5.84. The first kappa shape index (κ1) is 11.1. The first-order valence-corrected chi connectivity index (χ1v) is 5.96. The molecule has 78 valence electrons. The van der Waals surface area contributed by atoms with Crippen molar-refractivity contribution in [2.75, 3.05) is 0 Å². The van der Waals surface area contributed by atoms with Crippen LogP contribution in [0.2, 0.25) is 0 Å². The third-order valence-electron chi connectivity index (χ3n) is 4.56. The summed E-state index contributed by atoms with van der Waals surface area (Å²) in [6, 6.07) is 0. The second kappa shape index (κ2) is 4.02. The smallest absolute Gasteiger partial charge is 0.0300 e. The maximum atomic E-state index is 2.46. The van der Waals surface area contributed by atoms with Gasteiger partial charge in [0.2, 0.25) is 0 Å². The molecule has 0 N–H and O–H groups in total. The quantitative estimate of drug-likeness (QED) is 0.590. The lowest BCUT2D eigenvalue weighted by atomic mass is 9.62. The fourth-order valence-electron chi connectivity index (χ4n) is 2.85. The lowest BCUT2D eigenvalue weighted by molar-refractivity contribution is 0.0592. The highest BCUT2D eigenvalue weighted by atomic mass is 14.4. The van der Waals surface area contributed by atoms with E-state index in [1.165, 1.54) is 25.7 Å². The van der Waals surface area contributed by atoms with Crippen molar-refractivity contribution in [3.8, 4) is 0 Å². The summed E-state index contributed by atoms with van der Waals surface area (Å²) in [5.74, 6) is 2.73. The average Bonchev–Trinajstić information content (AvgIpc) is 2.04. The van der Waals surface area contributed by atoms with Gasteiger partial charge in [0, 0.05) is 0 Å². The Hall–Kier alpha value is 0. The van der Waals surface area contributed by atoms with Gasteiger partial charge >= 0.3 is 0 Å². The largest absolute Gasteiger partial charge is 0.0623 e. The zero-order chi connectivity index (χ0) is 10.1. The van der Waals surface area contributed by atoms with Crippen LogP contribution < -0.4 is 0 Å². The van der Waals surface area contributed by atoms with E-state index in [1.54, 1.807) is 0 Å². The molecule has 0 bridgehead atoms. The van der Waals surface area contributed by atoms with Crippen molar-refractivity contribution in [1.82, 2.24) is 0 Å². The van der Waals surface area contributed by atoms with Gasteiger partial charge in [0.1, 0.15) is 0 Å². The predicted molar refractivity (Wildman–Crippen MR) is 59.7 cm³/mol. The second-order valence-electron chi connectivity index (χ2n) is 5.84. The van der Waals surface area contributed by atoms with Crippen molar-refractivity contribution < 1.29 is 0 Å². The maximum Gasteiger partial charge on any atom is -0.0300 e. The van der Waals surface area contributed by atoms with Crippen LogP contribution in [-0.2, 0) is 0 Å². The lowest BCUT2D eigenvalue weighted by Gasteiger charge is -2.44. The van der Waals surface area contributed by atoms with Gasteiger partial charge in [-0.1, -0.05) is 53.9 Å². The molecule has 2 unspecified atom stereocenters. The van der Waals surface area contributed by atoms with Gasteiger partial charge in [0.05, 0.1) is 0 Å². The molecule has 13 heavy (non-hydrogen) atoms. The van der Waals surface area contributed by atoms with Crippen LogP contribution in [0.5, 0.6) is 0 Å². The summed E-state index contributed by atoms with van der Waals surface area (Å²) >= 11 is 0. The highest BCUT2D eigenvalue weighted by Crippen LogP contribution is 2.45. The highest BCUT2D eigenvalue weighted by Gasteiger charge is 2.36. The van der Waals surface area contributed by atoms with Gasteiger partial charge in [-0.15, -0.1) is 0 Å². The van der Waals surface area contributed by atoms with Crippen LogP contribution in [0.15, 0.2) is 0 Å². The van der Waals surface area contributed by atoms with Crippen LogP contribution in [0.25, 0.3) is 0 Å². The van der Waals surface area contributed by atoms with Crippen molar-refractivity contribution in [3.63, 3.8) is 0 Å². The average molecular weight is 182 g/mol. The fourth-order valence-corrected chi connectivity index (χ4v) is 2.85. The molecule has 0 aliphatic heterocycles. The van der Waals surface area contributed by atoms with Crippen LogP contribution >= 0.6 is 0 Å². The molecule has 0 nitrogen and oxygen atoms in total. The Labute approximate surface area is 84.1 Å². The minimum Gasteiger partial charge on any atom is -0.0623 e. The van der Waals surface area contributed by atoms with Gasteiger partial charge in [-0.2, -0.15) is 0 Å². The Kier molecular flexibility index (Phi) is 3.43. The lowest BCUT2D eigenvalue weighted by Crippen LogP contribution is -2.35. The molecule has 0 aromatic heterocycles. The van der Waals surface area contributed by atoms with Crippen molar-refractivity contribution in [1.29, 1.82) is 0 Å². The summed E-state index contributed by atoms with van der Waals surface area (Å²) in [5, 5.41) is 0. The molecular weight excluding hydrogens is 156 g/mol. The summed E-state index contributed by atoms with van der Waals surface area (Å²) in [6.07, 6.45) is 5.85. The predicted octanol–water partition coefficient (Wildman–Crippen LogP) is 4.49. The molecule has 0 heteroatoms. The molecular formula is C13H26. The monoisotopic (exact) mass is 182 g/mol. The van der Waals surface area contributed by atoms with Crippen molar-refractivity contribution in [3.05, 3.63) is 0 Å². The summed E-state index contributed by atoms with van der Waals surface area (Å²) in [4.78, 5) is 0. The van der Waals surface area contributed by atoms with Crippen molar-refractivity contribution >= 4 is 0 Å². The third kappa shape index (κ3) is 2.27. The zero-order valence-corrected chi connectivity index (χ0v) is 10.1. The van der Waals surface area contributed by atoms with E-state index in [0.717, 1.165) is 17.8 Å². The van der Waals surface area contributed by atoms with Crippen LogP contribution in [0, 0.1) is 23.2 Å². The molecule has 2 atom stereocenters. The van der Waals surface area contributed by atoms with Crippen LogP contribution in [0.4, 0.5) is 0 Å². The van der Waals surface area contributed by atoms with Crippen molar-refractivity contribution in [2.24, 2.45) is 23.2 Å². The molecule has 0 amide bonds. The number of hydrogen-bond acceptors (Lipinski definition) is 0. The highest BCUT2D eigenvalue weighted by molar-refractivity contribution is 4.86. The SMILES string of the molecule is CC1CCCCC1C(C)(C)C(C)C. The van der Waals surface area contributed by atoms with Crippen LogP contribution in [-0.4, -0.2) is 0 Å². The van der Waals surface area contributed by atoms with E-state index < -0.39 is 0 Å². The molecule has 0 saturated heterocycles. The maximum absolute atomic E-state index is 2.46. The third-order valence-corrected chi connectivity index (χ3v) is 4.56. The molecule has 1 aliphatic rings. The van der Waals surface area contributed by atoms with Gasteiger partial charge in [0.15, 0.2) is 0 Å². The minimum atomic E-state index is 0.542. The molecule has 0 spiro atoms. The standard InChI is InChI=1S/C13H26/c1-10(2)13(4,5)12-9-7-6-8-11(12)3/h10-12H,6-9H2,1-5H3. The van der Waals surface area contributed by atoms with Gasteiger partial charge < -0.3 is 0 Å². The molecule has 0 heterocycles. The molecule has 1 aliphatic carbocycles. The van der Waals surface area contributed by atoms with E-state index in [1.807, 2.05) is 0 Å². The summed E-state index contributed by atoms with van der Waals surface area (Å²) in [6.45, 7) is 12.1. The van der Waals surface area contributed by atoms with E-state index in [9.17, 15) is 0 Å². The first-order valence-electron chi connectivity index (χ1n) is 5.96. The van der Waals surface area contributed by atoms with Gasteiger partial charge in [-0.3, -0.25) is 0 Å². The van der Waals surface area contributed by atoms with E-state index in [2.05, 4.69) is 34.6 Å². The Balaban J connectivity index is 2.67. The van der Waals surface area contributed by atoms with Gasteiger partial charge in [-0.05, 0) is 29.6 Å². The molecule has 1 fully saturated rings. The van der Waals surface area contributed by atoms with Gasteiger partial charge in [-0.25, -0.2) is 0 Å². The van der Waals surface area contributed by atoms with Crippen LogP contribution in [0.3, 0.4) is 0 Å². The van der Waals surface area contributed by atoms with Crippen molar-refractivity contribution in [2.45, 2.75) is 60.3 Å². The first-order chi connectivity index (χ1) is 5.96. The van der Waals surface area contributed by atoms with Crippen LogP contribution in [0.1, 0.15) is 60.3 Å². The number of hydrogen-bond donors (Lipinski definition) is 0.